The Morgan fingerprint density at radius 3 is 3.29 bits per heavy atom. The number of likely N-dealkylation sites (tertiary alicyclic amines) is 1. The van der Waals surface area contributed by atoms with E-state index in [-0.39, 0.29) is 18.4 Å². The van der Waals surface area contributed by atoms with Gasteiger partial charge in [-0.25, -0.2) is 9.97 Å². The van der Waals surface area contributed by atoms with E-state index in [1.165, 1.54) is 6.33 Å². The minimum atomic E-state index is -0.0946. The van der Waals surface area contributed by atoms with Crippen LogP contribution in [-0.2, 0) is 4.79 Å². The van der Waals surface area contributed by atoms with Crippen LogP contribution in [0.4, 0.5) is 5.82 Å². The van der Waals surface area contributed by atoms with Crippen LogP contribution in [-0.4, -0.2) is 51.9 Å². The van der Waals surface area contributed by atoms with Crippen molar-refractivity contribution in [3.63, 3.8) is 0 Å². The lowest BCUT2D eigenvalue weighted by Crippen LogP contribution is -2.37. The maximum absolute atomic E-state index is 11.8. The molecular formula is C14H16N6O. The van der Waals surface area contributed by atoms with Crippen LogP contribution in [0.2, 0.25) is 0 Å². The zero-order valence-electron chi connectivity index (χ0n) is 11.8. The Hall–Kier alpha value is -2.62. The summed E-state index contributed by atoms with van der Waals surface area (Å²) in [5.41, 5.74) is 0.808. The van der Waals surface area contributed by atoms with Crippen molar-refractivity contribution in [2.45, 2.75) is 18.9 Å². The molecule has 1 aliphatic heterocycles. The first-order chi connectivity index (χ1) is 10.2. The minimum absolute atomic E-state index is 0.0496. The normalized spacial score (nSPS) is 17.9. The Morgan fingerprint density at radius 2 is 2.48 bits per heavy atom. The number of nitrogens with zero attached hydrogens (tertiary/aromatic N) is 5. The molecule has 3 heterocycles. The first kappa shape index (κ1) is 13.4. The lowest BCUT2D eigenvalue weighted by molar-refractivity contribution is -0.129. The molecule has 0 aromatic carbocycles. The third-order valence-electron chi connectivity index (χ3n) is 3.96. The monoisotopic (exact) mass is 284 g/mol. The van der Waals surface area contributed by atoms with Gasteiger partial charge in [-0.15, -0.1) is 0 Å². The van der Waals surface area contributed by atoms with Crippen LogP contribution in [0.3, 0.4) is 0 Å². The van der Waals surface area contributed by atoms with Crippen LogP contribution in [0.15, 0.2) is 18.6 Å². The van der Waals surface area contributed by atoms with Crippen molar-refractivity contribution in [2.24, 2.45) is 0 Å². The summed E-state index contributed by atoms with van der Waals surface area (Å²) >= 11 is 0. The van der Waals surface area contributed by atoms with Gasteiger partial charge < -0.3 is 14.8 Å². The number of rotatable bonds is 3. The number of nitriles is 1. The Kier molecular flexibility index (Phi) is 3.44. The van der Waals surface area contributed by atoms with E-state index in [9.17, 15) is 4.79 Å². The quantitative estimate of drug-likeness (QED) is 0.905. The summed E-state index contributed by atoms with van der Waals surface area (Å²) in [5, 5.41) is 9.59. The first-order valence-electron chi connectivity index (χ1n) is 6.86. The molecule has 7 heteroatoms. The Morgan fingerprint density at radius 1 is 1.62 bits per heavy atom. The highest BCUT2D eigenvalue weighted by Gasteiger charge is 2.29. The third-order valence-corrected chi connectivity index (χ3v) is 3.96. The van der Waals surface area contributed by atoms with E-state index in [0.29, 0.717) is 13.1 Å². The number of H-pyrrole nitrogens is 1. The van der Waals surface area contributed by atoms with Gasteiger partial charge in [0.15, 0.2) is 0 Å². The highest BCUT2D eigenvalue weighted by atomic mass is 16.2. The molecule has 2 aromatic heterocycles. The summed E-state index contributed by atoms with van der Waals surface area (Å²) in [7, 11) is 1.98. The van der Waals surface area contributed by atoms with Crippen molar-refractivity contribution in [1.82, 2.24) is 19.9 Å². The highest BCUT2D eigenvalue weighted by Crippen LogP contribution is 2.25. The van der Waals surface area contributed by atoms with Gasteiger partial charge in [-0.1, -0.05) is 0 Å². The molecule has 1 atom stereocenters. The molecule has 21 heavy (non-hydrogen) atoms. The number of amides is 1. The van der Waals surface area contributed by atoms with Crippen LogP contribution in [0.25, 0.3) is 11.0 Å². The summed E-state index contributed by atoms with van der Waals surface area (Å²) in [5.74, 6) is 0.767. The third kappa shape index (κ3) is 2.40. The van der Waals surface area contributed by atoms with Crippen molar-refractivity contribution in [3.05, 3.63) is 18.6 Å². The fourth-order valence-electron chi connectivity index (χ4n) is 2.78. The molecule has 0 spiro atoms. The standard InChI is InChI=1S/C14H16N6O/c1-19(10-4-7-20(8-10)12(21)2-5-15)14-11-3-6-16-13(11)17-9-18-14/h3,6,9-10H,2,4,7-8H2,1H3,(H,16,17,18)/t10-/m1/s1. The predicted molar refractivity (Wildman–Crippen MR) is 77.5 cm³/mol. The molecule has 1 N–H and O–H groups in total. The molecule has 7 nitrogen and oxygen atoms in total. The summed E-state index contributed by atoms with van der Waals surface area (Å²) in [6, 6.07) is 4.07. The molecule has 1 fully saturated rings. The lowest BCUT2D eigenvalue weighted by Gasteiger charge is -2.26. The number of aromatic amines is 1. The Balaban J connectivity index is 1.78. The molecular weight excluding hydrogens is 268 g/mol. The summed E-state index contributed by atoms with van der Waals surface area (Å²) < 4.78 is 0. The molecule has 108 valence electrons. The van der Waals surface area contributed by atoms with Gasteiger partial charge in [0.05, 0.1) is 11.5 Å². The SMILES string of the molecule is CN(c1ncnc2[nH]ccc12)[C@@H]1CCN(C(=O)CC#N)C1. The van der Waals surface area contributed by atoms with Crippen molar-refractivity contribution in [1.29, 1.82) is 5.26 Å². The molecule has 0 unspecified atom stereocenters. The average Bonchev–Trinajstić information content (AvgIpc) is 3.15. The summed E-state index contributed by atoms with van der Waals surface area (Å²) in [6.07, 6.45) is 4.21. The molecule has 1 amide bonds. The van der Waals surface area contributed by atoms with E-state index in [4.69, 9.17) is 5.26 Å². The van der Waals surface area contributed by atoms with E-state index >= 15 is 0 Å². The fourth-order valence-corrected chi connectivity index (χ4v) is 2.78. The summed E-state index contributed by atoms with van der Waals surface area (Å²) in [4.78, 5) is 27.2. The molecule has 1 aliphatic rings. The molecule has 0 radical (unpaired) electrons. The second kappa shape index (κ2) is 5.40. The Labute approximate surface area is 122 Å². The predicted octanol–water partition coefficient (Wildman–Crippen LogP) is 0.909. The van der Waals surface area contributed by atoms with E-state index < -0.39 is 0 Å². The maximum Gasteiger partial charge on any atom is 0.236 e. The van der Waals surface area contributed by atoms with Crippen LogP contribution in [0.1, 0.15) is 12.8 Å². The second-order valence-electron chi connectivity index (χ2n) is 5.17. The van der Waals surface area contributed by atoms with E-state index in [1.54, 1.807) is 4.90 Å². The van der Waals surface area contributed by atoms with E-state index in [2.05, 4.69) is 19.9 Å². The number of aromatic nitrogens is 3. The second-order valence-corrected chi connectivity index (χ2v) is 5.17. The molecule has 3 rings (SSSR count). The van der Waals surface area contributed by atoms with Gasteiger partial charge >= 0.3 is 0 Å². The van der Waals surface area contributed by atoms with Gasteiger partial charge in [-0.2, -0.15) is 5.26 Å². The molecule has 1 saturated heterocycles. The van der Waals surface area contributed by atoms with Crippen molar-refractivity contribution in [2.75, 3.05) is 25.0 Å². The van der Waals surface area contributed by atoms with Gasteiger partial charge in [0.25, 0.3) is 0 Å². The van der Waals surface area contributed by atoms with Gasteiger partial charge in [-0.3, -0.25) is 4.79 Å². The van der Waals surface area contributed by atoms with Gasteiger partial charge in [0, 0.05) is 32.4 Å². The fraction of sp³-hybridized carbons (Fsp3) is 0.429. The van der Waals surface area contributed by atoms with Crippen LogP contribution < -0.4 is 4.90 Å². The zero-order valence-corrected chi connectivity index (χ0v) is 11.8. The number of carbonyl (C=O) groups excluding carboxylic acids is 1. The van der Waals surface area contributed by atoms with Crippen molar-refractivity contribution >= 4 is 22.8 Å². The highest BCUT2D eigenvalue weighted by molar-refractivity contribution is 5.87. The van der Waals surface area contributed by atoms with Crippen molar-refractivity contribution in [3.8, 4) is 6.07 Å². The lowest BCUT2D eigenvalue weighted by atomic mass is 10.2. The van der Waals surface area contributed by atoms with Crippen LogP contribution in [0.5, 0.6) is 0 Å². The smallest absolute Gasteiger partial charge is 0.236 e. The van der Waals surface area contributed by atoms with Crippen LogP contribution in [0, 0.1) is 11.3 Å². The number of nitrogens with one attached hydrogen (secondary N) is 1. The first-order valence-corrected chi connectivity index (χ1v) is 6.86. The topological polar surface area (TPSA) is 88.9 Å². The number of carbonyl (C=O) groups is 1. The van der Waals surface area contributed by atoms with E-state index in [0.717, 1.165) is 23.3 Å². The number of hydrogen-bond donors (Lipinski definition) is 1. The van der Waals surface area contributed by atoms with E-state index in [1.807, 2.05) is 25.4 Å². The molecule has 0 bridgehead atoms. The molecule has 0 saturated carbocycles. The largest absolute Gasteiger partial charge is 0.354 e. The average molecular weight is 284 g/mol. The number of hydrogen-bond acceptors (Lipinski definition) is 5. The Bertz CT molecular complexity index is 703. The molecule has 2 aromatic rings. The van der Waals surface area contributed by atoms with Gasteiger partial charge in [-0.05, 0) is 12.5 Å². The summed E-state index contributed by atoms with van der Waals surface area (Å²) in [6.45, 7) is 1.32. The maximum atomic E-state index is 11.8. The number of likely N-dealkylation sites (N-methyl/N-ethyl adjacent to an activating group) is 1. The molecule has 0 aliphatic carbocycles. The zero-order chi connectivity index (χ0) is 14.8. The number of anilines is 1. The van der Waals surface area contributed by atoms with Crippen molar-refractivity contribution < 1.29 is 4.79 Å². The van der Waals surface area contributed by atoms with Gasteiger partial charge in [0.2, 0.25) is 5.91 Å². The van der Waals surface area contributed by atoms with Crippen LogP contribution >= 0.6 is 0 Å². The van der Waals surface area contributed by atoms with Gasteiger partial charge in [0.1, 0.15) is 24.2 Å². The number of fused-ring (bicyclic) bond motifs is 1. The minimum Gasteiger partial charge on any atom is -0.354 e.